The van der Waals surface area contributed by atoms with Gasteiger partial charge in [0.2, 0.25) is 5.91 Å². The lowest BCUT2D eigenvalue weighted by molar-refractivity contribution is -0.118. The number of amides is 1. The van der Waals surface area contributed by atoms with Gasteiger partial charge in [-0.2, -0.15) is 0 Å². The van der Waals surface area contributed by atoms with Gasteiger partial charge in [0, 0.05) is 11.6 Å². The van der Waals surface area contributed by atoms with Crippen molar-refractivity contribution in [2.24, 2.45) is 0 Å². The molecule has 0 unspecified atom stereocenters. The molecule has 1 amide bonds. The summed E-state index contributed by atoms with van der Waals surface area (Å²) in [4.78, 5) is 11.6. The van der Waals surface area contributed by atoms with Crippen LogP contribution in [0.25, 0.3) is 0 Å². The van der Waals surface area contributed by atoms with Gasteiger partial charge in [0.15, 0.2) is 0 Å². The molecule has 0 aliphatic heterocycles. The average Bonchev–Trinajstić information content (AvgIpc) is 2.17. The standard InChI is InChI=1S/C12H21NO2/c1-10(15-3)9-11(14)13-12(2)7-5-4-6-8-12/h9H,4-8H2,1-3H3,(H,13,14)/b10-9-. The fraction of sp³-hybridized carbons (Fsp3) is 0.750. The van der Waals surface area contributed by atoms with Crippen LogP contribution >= 0.6 is 0 Å². The van der Waals surface area contributed by atoms with Crippen molar-refractivity contribution in [3.63, 3.8) is 0 Å². The third-order valence-corrected chi connectivity index (χ3v) is 3.04. The minimum absolute atomic E-state index is 0.0140. The molecular formula is C12H21NO2. The van der Waals surface area contributed by atoms with Crippen molar-refractivity contribution in [2.45, 2.75) is 51.5 Å². The van der Waals surface area contributed by atoms with Crippen LogP contribution in [-0.2, 0) is 9.53 Å². The first-order valence-electron chi connectivity index (χ1n) is 5.60. The maximum atomic E-state index is 11.6. The van der Waals surface area contributed by atoms with E-state index in [-0.39, 0.29) is 11.4 Å². The van der Waals surface area contributed by atoms with Crippen LogP contribution in [0.15, 0.2) is 11.8 Å². The Morgan fingerprint density at radius 2 is 1.93 bits per heavy atom. The zero-order valence-corrected chi connectivity index (χ0v) is 9.93. The lowest BCUT2D eigenvalue weighted by Gasteiger charge is -2.34. The smallest absolute Gasteiger partial charge is 0.247 e. The SMILES string of the molecule is CO/C(C)=C\C(=O)NC1(C)CCCCC1. The van der Waals surface area contributed by atoms with E-state index in [2.05, 4.69) is 12.2 Å². The Morgan fingerprint density at radius 1 is 1.33 bits per heavy atom. The highest BCUT2D eigenvalue weighted by atomic mass is 16.5. The highest BCUT2D eigenvalue weighted by Gasteiger charge is 2.27. The van der Waals surface area contributed by atoms with Gasteiger partial charge >= 0.3 is 0 Å². The summed E-state index contributed by atoms with van der Waals surface area (Å²) in [6, 6.07) is 0. The van der Waals surface area contributed by atoms with Gasteiger partial charge in [0.1, 0.15) is 0 Å². The predicted octanol–water partition coefficient (Wildman–Crippen LogP) is 2.38. The second-order valence-corrected chi connectivity index (χ2v) is 4.57. The van der Waals surface area contributed by atoms with Gasteiger partial charge in [-0.05, 0) is 26.7 Å². The summed E-state index contributed by atoms with van der Waals surface area (Å²) in [5.74, 6) is 0.602. The Kier molecular flexibility index (Phi) is 4.18. The molecule has 3 nitrogen and oxygen atoms in total. The highest BCUT2D eigenvalue weighted by Crippen LogP contribution is 2.27. The second-order valence-electron chi connectivity index (χ2n) is 4.57. The molecule has 0 radical (unpaired) electrons. The molecule has 0 spiro atoms. The molecule has 3 heteroatoms. The normalized spacial score (nSPS) is 20.9. The van der Waals surface area contributed by atoms with E-state index in [0.29, 0.717) is 5.76 Å². The zero-order chi connectivity index (χ0) is 11.3. The Balaban J connectivity index is 2.49. The van der Waals surface area contributed by atoms with E-state index >= 15 is 0 Å². The summed E-state index contributed by atoms with van der Waals surface area (Å²) in [5.41, 5.74) is -0.0140. The maximum Gasteiger partial charge on any atom is 0.247 e. The van der Waals surface area contributed by atoms with Crippen molar-refractivity contribution < 1.29 is 9.53 Å². The summed E-state index contributed by atoms with van der Waals surface area (Å²) in [7, 11) is 1.57. The van der Waals surface area contributed by atoms with Crippen LogP contribution < -0.4 is 5.32 Å². The van der Waals surface area contributed by atoms with E-state index in [4.69, 9.17) is 4.74 Å². The van der Waals surface area contributed by atoms with E-state index < -0.39 is 0 Å². The van der Waals surface area contributed by atoms with Crippen LogP contribution in [-0.4, -0.2) is 18.6 Å². The molecule has 86 valence electrons. The largest absolute Gasteiger partial charge is 0.501 e. The van der Waals surface area contributed by atoms with E-state index in [9.17, 15) is 4.79 Å². The van der Waals surface area contributed by atoms with E-state index in [1.807, 2.05) is 0 Å². The Morgan fingerprint density at radius 3 is 2.47 bits per heavy atom. The van der Waals surface area contributed by atoms with Crippen LogP contribution in [0.1, 0.15) is 46.0 Å². The molecule has 1 aliphatic rings. The molecule has 0 heterocycles. The van der Waals surface area contributed by atoms with Gasteiger partial charge in [0.25, 0.3) is 0 Å². The topological polar surface area (TPSA) is 38.3 Å². The highest BCUT2D eigenvalue weighted by molar-refractivity contribution is 5.88. The predicted molar refractivity (Wildman–Crippen MR) is 60.4 cm³/mol. The lowest BCUT2D eigenvalue weighted by atomic mass is 9.83. The first-order chi connectivity index (χ1) is 7.06. The molecule has 0 aromatic heterocycles. The molecule has 1 N–H and O–H groups in total. The second kappa shape index (κ2) is 5.19. The van der Waals surface area contributed by atoms with Crippen LogP contribution in [0, 0.1) is 0 Å². The molecule has 0 bridgehead atoms. The van der Waals surface area contributed by atoms with Crippen molar-refractivity contribution in [2.75, 3.05) is 7.11 Å². The van der Waals surface area contributed by atoms with E-state index in [1.54, 1.807) is 14.0 Å². The van der Waals surface area contributed by atoms with Gasteiger partial charge in [0.05, 0.1) is 12.9 Å². The summed E-state index contributed by atoms with van der Waals surface area (Å²) in [6.45, 7) is 3.91. The number of carbonyl (C=O) groups is 1. The first-order valence-corrected chi connectivity index (χ1v) is 5.60. The number of rotatable bonds is 3. The molecule has 1 rings (SSSR count). The number of nitrogens with one attached hydrogen (secondary N) is 1. The maximum absolute atomic E-state index is 11.6. The van der Waals surface area contributed by atoms with Crippen LogP contribution in [0.2, 0.25) is 0 Å². The van der Waals surface area contributed by atoms with Crippen molar-refractivity contribution in [1.82, 2.24) is 5.32 Å². The molecule has 15 heavy (non-hydrogen) atoms. The number of hydrogen-bond donors (Lipinski definition) is 1. The Labute approximate surface area is 91.9 Å². The van der Waals surface area contributed by atoms with Gasteiger partial charge < -0.3 is 10.1 Å². The molecule has 0 atom stereocenters. The van der Waals surface area contributed by atoms with Gasteiger partial charge in [-0.15, -0.1) is 0 Å². The molecule has 1 saturated carbocycles. The fourth-order valence-electron chi connectivity index (χ4n) is 2.03. The van der Waals surface area contributed by atoms with Gasteiger partial charge in [-0.3, -0.25) is 4.79 Å². The fourth-order valence-corrected chi connectivity index (χ4v) is 2.03. The minimum Gasteiger partial charge on any atom is -0.501 e. The lowest BCUT2D eigenvalue weighted by Crippen LogP contribution is -2.46. The number of ether oxygens (including phenoxy) is 1. The van der Waals surface area contributed by atoms with Gasteiger partial charge in [-0.1, -0.05) is 19.3 Å². The van der Waals surface area contributed by atoms with E-state index in [1.165, 1.54) is 25.3 Å². The van der Waals surface area contributed by atoms with Crippen LogP contribution in [0.3, 0.4) is 0 Å². The number of carbonyl (C=O) groups excluding carboxylic acids is 1. The van der Waals surface area contributed by atoms with Crippen LogP contribution in [0.5, 0.6) is 0 Å². The Hall–Kier alpha value is -0.990. The van der Waals surface area contributed by atoms with E-state index in [0.717, 1.165) is 12.8 Å². The summed E-state index contributed by atoms with van der Waals surface area (Å²) >= 11 is 0. The third kappa shape index (κ3) is 3.94. The molecule has 0 aromatic carbocycles. The molecule has 1 fully saturated rings. The monoisotopic (exact) mass is 211 g/mol. The van der Waals surface area contributed by atoms with Crippen LogP contribution in [0.4, 0.5) is 0 Å². The molecule has 1 aliphatic carbocycles. The molecule has 0 aromatic rings. The van der Waals surface area contributed by atoms with Gasteiger partial charge in [-0.25, -0.2) is 0 Å². The zero-order valence-electron chi connectivity index (χ0n) is 9.93. The Bertz CT molecular complexity index is 252. The summed E-state index contributed by atoms with van der Waals surface area (Å²) in [5, 5.41) is 3.07. The summed E-state index contributed by atoms with van der Waals surface area (Å²) < 4.78 is 4.94. The average molecular weight is 211 g/mol. The number of hydrogen-bond acceptors (Lipinski definition) is 2. The minimum atomic E-state index is -0.0428. The van der Waals surface area contributed by atoms with Crippen molar-refractivity contribution in [1.29, 1.82) is 0 Å². The third-order valence-electron chi connectivity index (χ3n) is 3.04. The van der Waals surface area contributed by atoms with Crippen molar-refractivity contribution >= 4 is 5.91 Å². The van der Waals surface area contributed by atoms with Crippen molar-refractivity contribution in [3.8, 4) is 0 Å². The molecule has 0 saturated heterocycles. The quantitative estimate of drug-likeness (QED) is 0.575. The summed E-state index contributed by atoms with van der Waals surface area (Å²) in [6.07, 6.45) is 7.39. The molecular weight excluding hydrogens is 190 g/mol. The number of allylic oxidation sites excluding steroid dienone is 1. The van der Waals surface area contributed by atoms with Crippen molar-refractivity contribution in [3.05, 3.63) is 11.8 Å². The number of methoxy groups -OCH3 is 1. The first kappa shape index (κ1) is 12.1.